The molecule has 0 saturated heterocycles. The number of alkyl halides is 1. The molecule has 0 aliphatic heterocycles. The summed E-state index contributed by atoms with van der Waals surface area (Å²) in [5.41, 5.74) is 5.13. The molecule has 0 bridgehead atoms. The van der Waals surface area contributed by atoms with Gasteiger partial charge >= 0.3 is 0 Å². The van der Waals surface area contributed by atoms with Gasteiger partial charge in [0.2, 0.25) is 0 Å². The number of halogens is 2. The Morgan fingerprint density at radius 1 is 1.10 bits per heavy atom. The van der Waals surface area contributed by atoms with Crippen molar-refractivity contribution in [2.45, 2.75) is 53.1 Å². The zero-order chi connectivity index (χ0) is 14.9. The Morgan fingerprint density at radius 3 is 2.30 bits per heavy atom. The molecule has 0 N–H and O–H groups in total. The fraction of sp³-hybridized carbons (Fsp3) is 0.571. The lowest BCUT2D eigenvalue weighted by molar-refractivity contribution is 0.565. The van der Waals surface area contributed by atoms with Gasteiger partial charge in [-0.15, -0.1) is 11.6 Å². The lowest BCUT2D eigenvalue weighted by Crippen LogP contribution is -2.10. The second-order valence-corrected chi connectivity index (χ2v) is 5.46. The van der Waals surface area contributed by atoms with Crippen molar-refractivity contribution in [3.63, 3.8) is 0 Å². The van der Waals surface area contributed by atoms with Gasteiger partial charge < -0.3 is 0 Å². The van der Waals surface area contributed by atoms with E-state index in [1.165, 1.54) is 0 Å². The minimum absolute atomic E-state index is 0.485. The first-order valence-corrected chi connectivity index (χ1v) is 7.77. The van der Waals surface area contributed by atoms with E-state index in [9.17, 15) is 0 Å². The highest BCUT2D eigenvalue weighted by Crippen LogP contribution is 2.24. The van der Waals surface area contributed by atoms with E-state index in [4.69, 9.17) is 23.2 Å². The average Bonchev–Trinajstić information content (AvgIpc) is 2.88. The minimum atomic E-state index is 0.485. The van der Waals surface area contributed by atoms with Crippen molar-refractivity contribution in [3.05, 3.63) is 33.4 Å². The van der Waals surface area contributed by atoms with Gasteiger partial charge in [-0.05, 0) is 27.2 Å². The number of aromatic nitrogens is 4. The van der Waals surface area contributed by atoms with Crippen LogP contribution in [0, 0.1) is 13.8 Å². The maximum absolute atomic E-state index is 6.44. The Bertz CT molecular complexity index is 613. The Labute approximate surface area is 129 Å². The zero-order valence-corrected chi connectivity index (χ0v) is 13.9. The van der Waals surface area contributed by atoms with Gasteiger partial charge in [0.25, 0.3) is 0 Å². The van der Waals surface area contributed by atoms with Crippen LogP contribution >= 0.6 is 23.2 Å². The number of nitrogens with zero attached hydrogens (tertiary/aromatic N) is 4. The van der Waals surface area contributed by atoms with Gasteiger partial charge in [-0.2, -0.15) is 10.2 Å². The van der Waals surface area contributed by atoms with E-state index in [1.807, 2.05) is 23.2 Å². The maximum atomic E-state index is 6.44. The minimum Gasteiger partial charge on any atom is -0.266 e. The molecule has 2 heterocycles. The first kappa shape index (κ1) is 15.4. The van der Waals surface area contributed by atoms with Crippen molar-refractivity contribution in [1.82, 2.24) is 19.6 Å². The first-order valence-electron chi connectivity index (χ1n) is 6.86. The van der Waals surface area contributed by atoms with Crippen LogP contribution < -0.4 is 0 Å². The van der Waals surface area contributed by atoms with Gasteiger partial charge in [-0.25, -0.2) is 0 Å². The topological polar surface area (TPSA) is 35.6 Å². The predicted molar refractivity (Wildman–Crippen MR) is 82.6 cm³/mol. The van der Waals surface area contributed by atoms with E-state index < -0.39 is 0 Å². The fourth-order valence-corrected chi connectivity index (χ4v) is 3.11. The summed E-state index contributed by atoms with van der Waals surface area (Å²) in [6, 6.07) is 0. The van der Waals surface area contributed by atoms with Crippen LogP contribution in [0.4, 0.5) is 0 Å². The highest BCUT2D eigenvalue weighted by molar-refractivity contribution is 6.31. The molecule has 110 valence electrons. The van der Waals surface area contributed by atoms with Crippen LogP contribution in [0.1, 0.15) is 42.2 Å². The lowest BCUT2D eigenvalue weighted by Gasteiger charge is -2.08. The van der Waals surface area contributed by atoms with Crippen LogP contribution in [0.15, 0.2) is 0 Å². The highest BCUT2D eigenvalue weighted by Gasteiger charge is 2.17. The Kier molecular flexibility index (Phi) is 4.76. The van der Waals surface area contributed by atoms with E-state index in [0.717, 1.165) is 46.3 Å². The average molecular weight is 315 g/mol. The molecule has 0 amide bonds. The summed E-state index contributed by atoms with van der Waals surface area (Å²) in [7, 11) is 0. The molecule has 2 aromatic rings. The number of hydrogen-bond donors (Lipinski definition) is 0. The van der Waals surface area contributed by atoms with Crippen LogP contribution in [0.25, 0.3) is 0 Å². The summed E-state index contributed by atoms with van der Waals surface area (Å²) in [5, 5.41) is 9.86. The van der Waals surface area contributed by atoms with E-state index in [-0.39, 0.29) is 0 Å². The standard InChI is InChI=1S/C14H20Cl2N4/c1-5-12-14(16)13(19(6-2)18-12)8-20-10(4)11(7-15)9(3)17-20/h5-8H2,1-4H3. The van der Waals surface area contributed by atoms with Gasteiger partial charge in [0.15, 0.2) is 0 Å². The summed E-state index contributed by atoms with van der Waals surface area (Å²) in [6.07, 6.45) is 0.836. The summed E-state index contributed by atoms with van der Waals surface area (Å²) in [5.74, 6) is 0.485. The Hall–Kier alpha value is -1.000. The number of aryl methyl sites for hydroxylation is 3. The van der Waals surface area contributed by atoms with Crippen molar-refractivity contribution in [3.8, 4) is 0 Å². The Balaban J connectivity index is 2.42. The van der Waals surface area contributed by atoms with E-state index in [0.29, 0.717) is 12.4 Å². The molecular weight excluding hydrogens is 295 g/mol. The SMILES string of the molecule is CCc1nn(CC)c(Cn2nc(C)c(CCl)c2C)c1Cl. The van der Waals surface area contributed by atoms with Crippen molar-refractivity contribution < 1.29 is 0 Å². The van der Waals surface area contributed by atoms with Crippen molar-refractivity contribution in [1.29, 1.82) is 0 Å². The molecule has 4 nitrogen and oxygen atoms in total. The van der Waals surface area contributed by atoms with Gasteiger partial charge in [0.05, 0.1) is 34.5 Å². The third-order valence-electron chi connectivity index (χ3n) is 3.66. The van der Waals surface area contributed by atoms with Gasteiger partial charge in [-0.1, -0.05) is 18.5 Å². The molecule has 0 fully saturated rings. The Morgan fingerprint density at radius 2 is 1.80 bits per heavy atom. The largest absolute Gasteiger partial charge is 0.266 e. The first-order chi connectivity index (χ1) is 9.53. The highest BCUT2D eigenvalue weighted by atomic mass is 35.5. The molecule has 20 heavy (non-hydrogen) atoms. The van der Waals surface area contributed by atoms with Crippen molar-refractivity contribution in [2.75, 3.05) is 0 Å². The number of hydrogen-bond acceptors (Lipinski definition) is 2. The van der Waals surface area contributed by atoms with Crippen LogP contribution in [-0.2, 0) is 25.4 Å². The summed E-state index contributed by atoms with van der Waals surface area (Å²) >= 11 is 12.4. The molecule has 2 rings (SSSR count). The second kappa shape index (κ2) is 6.19. The smallest absolute Gasteiger partial charge is 0.0869 e. The van der Waals surface area contributed by atoms with Gasteiger partial charge in [0, 0.05) is 17.8 Å². The summed E-state index contributed by atoms with van der Waals surface area (Å²) < 4.78 is 3.92. The maximum Gasteiger partial charge on any atom is 0.0869 e. The molecular formula is C14H20Cl2N4. The molecule has 0 spiro atoms. The van der Waals surface area contributed by atoms with Crippen molar-refractivity contribution in [2.24, 2.45) is 0 Å². The molecule has 0 aromatic carbocycles. The molecule has 0 saturated carbocycles. The monoisotopic (exact) mass is 314 g/mol. The van der Waals surface area contributed by atoms with E-state index in [1.54, 1.807) is 0 Å². The molecule has 0 unspecified atom stereocenters. The second-order valence-electron chi connectivity index (χ2n) is 4.82. The van der Waals surface area contributed by atoms with Crippen LogP contribution in [0.2, 0.25) is 5.02 Å². The summed E-state index contributed by atoms with van der Waals surface area (Å²) in [6.45, 7) is 9.58. The molecule has 2 aromatic heterocycles. The summed E-state index contributed by atoms with van der Waals surface area (Å²) in [4.78, 5) is 0. The third kappa shape index (κ3) is 2.59. The van der Waals surface area contributed by atoms with Crippen LogP contribution in [0.5, 0.6) is 0 Å². The molecule has 0 radical (unpaired) electrons. The lowest BCUT2D eigenvalue weighted by atomic mass is 10.2. The van der Waals surface area contributed by atoms with Gasteiger partial charge in [-0.3, -0.25) is 9.36 Å². The van der Waals surface area contributed by atoms with E-state index in [2.05, 4.69) is 24.0 Å². The van der Waals surface area contributed by atoms with Gasteiger partial charge in [0.1, 0.15) is 0 Å². The molecule has 0 aliphatic rings. The molecule has 0 atom stereocenters. The molecule has 6 heteroatoms. The van der Waals surface area contributed by atoms with Crippen molar-refractivity contribution >= 4 is 23.2 Å². The van der Waals surface area contributed by atoms with Crippen LogP contribution in [-0.4, -0.2) is 19.6 Å². The van der Waals surface area contributed by atoms with Crippen LogP contribution in [0.3, 0.4) is 0 Å². The normalized spacial score (nSPS) is 11.3. The number of rotatable bonds is 5. The fourth-order valence-electron chi connectivity index (χ4n) is 2.39. The molecule has 0 aliphatic carbocycles. The predicted octanol–water partition coefficient (Wildman–Crippen LogP) is 3.72. The zero-order valence-electron chi connectivity index (χ0n) is 12.4. The van der Waals surface area contributed by atoms with E-state index >= 15 is 0 Å². The third-order valence-corrected chi connectivity index (χ3v) is 4.36. The quantitative estimate of drug-likeness (QED) is 0.788.